The zero-order valence-corrected chi connectivity index (χ0v) is 14.6. The summed E-state index contributed by atoms with van der Waals surface area (Å²) in [4.78, 5) is 17.2. The molecule has 0 spiro atoms. The van der Waals surface area contributed by atoms with E-state index in [-0.39, 0.29) is 12.0 Å². The van der Waals surface area contributed by atoms with Crippen molar-refractivity contribution in [3.8, 4) is 0 Å². The average molecular weight is 319 g/mol. The molecule has 0 bridgehead atoms. The van der Waals surface area contributed by atoms with E-state index in [0.717, 1.165) is 68.9 Å². The minimum absolute atomic E-state index is 0.157. The van der Waals surface area contributed by atoms with Gasteiger partial charge in [-0.25, -0.2) is 0 Å². The van der Waals surface area contributed by atoms with Crippen molar-refractivity contribution in [2.45, 2.75) is 58.7 Å². The molecular weight excluding hydrogens is 290 g/mol. The molecule has 1 aromatic rings. The molecule has 1 saturated heterocycles. The van der Waals surface area contributed by atoms with Crippen LogP contribution in [-0.2, 0) is 6.54 Å². The first-order valence-electron chi connectivity index (χ1n) is 8.91. The van der Waals surface area contributed by atoms with Gasteiger partial charge in [-0.15, -0.1) is 0 Å². The van der Waals surface area contributed by atoms with Gasteiger partial charge >= 0.3 is 0 Å². The lowest BCUT2D eigenvalue weighted by molar-refractivity contribution is 0.0315. The van der Waals surface area contributed by atoms with E-state index in [4.69, 9.17) is 0 Å². The Kier molecular flexibility index (Phi) is 4.78. The van der Waals surface area contributed by atoms with Crippen molar-refractivity contribution in [1.29, 1.82) is 0 Å². The van der Waals surface area contributed by atoms with E-state index in [1.54, 1.807) is 0 Å². The van der Waals surface area contributed by atoms with Gasteiger partial charge in [0.2, 0.25) is 0 Å². The van der Waals surface area contributed by atoms with Crippen LogP contribution in [0.2, 0.25) is 0 Å². The van der Waals surface area contributed by atoms with Gasteiger partial charge in [0.15, 0.2) is 0 Å². The van der Waals surface area contributed by atoms with Gasteiger partial charge in [0.25, 0.3) is 5.91 Å². The van der Waals surface area contributed by atoms with Crippen LogP contribution in [0.1, 0.15) is 47.9 Å². The molecule has 1 aliphatic heterocycles. The maximum atomic E-state index is 12.8. The standard InChI is InChI=1S/C18H29N3O2/c1-4-21-13(2)12-15(14(21)3)18(23)20-10-8-19(9-11-20)16-6-5-7-17(16)22/h12,16-17,22H,4-11H2,1-3H3/t16-,17+/m1/s1. The van der Waals surface area contributed by atoms with Crippen molar-refractivity contribution in [3.63, 3.8) is 0 Å². The van der Waals surface area contributed by atoms with Crippen molar-refractivity contribution < 1.29 is 9.90 Å². The summed E-state index contributed by atoms with van der Waals surface area (Å²) < 4.78 is 2.19. The van der Waals surface area contributed by atoms with Gasteiger partial charge in [-0.1, -0.05) is 0 Å². The van der Waals surface area contributed by atoms with Gasteiger partial charge in [0, 0.05) is 50.2 Å². The number of carbonyl (C=O) groups is 1. The third-order valence-corrected chi connectivity index (χ3v) is 5.63. The van der Waals surface area contributed by atoms with Crippen molar-refractivity contribution in [2.24, 2.45) is 0 Å². The first-order valence-corrected chi connectivity index (χ1v) is 8.91. The summed E-state index contributed by atoms with van der Waals surface area (Å²) in [5.41, 5.74) is 3.07. The Morgan fingerprint density at radius 2 is 1.91 bits per heavy atom. The summed E-state index contributed by atoms with van der Waals surface area (Å²) in [5, 5.41) is 10.1. The summed E-state index contributed by atoms with van der Waals surface area (Å²) in [6.07, 6.45) is 2.95. The zero-order chi connectivity index (χ0) is 16.6. The lowest BCUT2D eigenvalue weighted by Gasteiger charge is -2.39. The number of aryl methyl sites for hydroxylation is 1. The first kappa shape index (κ1) is 16.5. The summed E-state index contributed by atoms with van der Waals surface area (Å²) in [7, 11) is 0. The molecule has 5 heteroatoms. The second-order valence-electron chi connectivity index (χ2n) is 6.92. The summed E-state index contributed by atoms with van der Waals surface area (Å²) in [6, 6.07) is 2.33. The molecular formula is C18H29N3O2. The Morgan fingerprint density at radius 3 is 2.43 bits per heavy atom. The van der Waals surface area contributed by atoms with E-state index in [1.807, 2.05) is 17.9 Å². The summed E-state index contributed by atoms with van der Waals surface area (Å²) in [5.74, 6) is 0.157. The van der Waals surface area contributed by atoms with Gasteiger partial charge in [0.1, 0.15) is 0 Å². The van der Waals surface area contributed by atoms with E-state index in [1.165, 1.54) is 0 Å². The third kappa shape index (κ3) is 3.04. The fourth-order valence-electron chi connectivity index (χ4n) is 4.28. The maximum Gasteiger partial charge on any atom is 0.255 e. The molecule has 128 valence electrons. The van der Waals surface area contributed by atoms with Gasteiger partial charge < -0.3 is 14.6 Å². The van der Waals surface area contributed by atoms with Crippen LogP contribution in [0.25, 0.3) is 0 Å². The largest absolute Gasteiger partial charge is 0.391 e. The number of piperazine rings is 1. The lowest BCUT2D eigenvalue weighted by Crippen LogP contribution is -2.53. The van der Waals surface area contributed by atoms with Crippen molar-refractivity contribution in [1.82, 2.24) is 14.4 Å². The van der Waals surface area contributed by atoms with E-state index >= 15 is 0 Å². The molecule has 3 rings (SSSR count). The Labute approximate surface area is 138 Å². The molecule has 1 aromatic heterocycles. The zero-order valence-electron chi connectivity index (χ0n) is 14.6. The smallest absolute Gasteiger partial charge is 0.255 e. The van der Waals surface area contributed by atoms with Crippen molar-refractivity contribution in [2.75, 3.05) is 26.2 Å². The molecule has 2 atom stereocenters. The molecule has 0 aromatic carbocycles. The minimum Gasteiger partial charge on any atom is -0.391 e. The molecule has 2 aliphatic rings. The predicted molar refractivity (Wildman–Crippen MR) is 90.7 cm³/mol. The van der Waals surface area contributed by atoms with Crippen LogP contribution in [0.3, 0.4) is 0 Å². The van der Waals surface area contributed by atoms with Crippen LogP contribution >= 0.6 is 0 Å². The number of nitrogens with zero attached hydrogens (tertiary/aromatic N) is 3. The highest BCUT2D eigenvalue weighted by Gasteiger charge is 2.33. The third-order valence-electron chi connectivity index (χ3n) is 5.63. The van der Waals surface area contributed by atoms with Crippen molar-refractivity contribution >= 4 is 5.91 Å². The Balaban J connectivity index is 1.64. The predicted octanol–water partition coefficient (Wildman–Crippen LogP) is 1.80. The summed E-state index contributed by atoms with van der Waals surface area (Å²) >= 11 is 0. The fraction of sp³-hybridized carbons (Fsp3) is 0.722. The highest BCUT2D eigenvalue weighted by atomic mass is 16.3. The number of hydrogen-bond donors (Lipinski definition) is 1. The van der Waals surface area contributed by atoms with Crippen LogP contribution < -0.4 is 0 Å². The molecule has 1 saturated carbocycles. The maximum absolute atomic E-state index is 12.8. The minimum atomic E-state index is -0.180. The van der Waals surface area contributed by atoms with E-state index in [2.05, 4.69) is 23.3 Å². The van der Waals surface area contributed by atoms with Crippen LogP contribution in [-0.4, -0.2) is 63.7 Å². The van der Waals surface area contributed by atoms with Gasteiger partial charge in [-0.2, -0.15) is 0 Å². The second kappa shape index (κ2) is 6.65. The van der Waals surface area contributed by atoms with E-state index in [9.17, 15) is 9.90 Å². The second-order valence-corrected chi connectivity index (χ2v) is 6.92. The monoisotopic (exact) mass is 319 g/mol. The highest BCUT2D eigenvalue weighted by molar-refractivity contribution is 5.95. The fourth-order valence-corrected chi connectivity index (χ4v) is 4.28. The molecule has 23 heavy (non-hydrogen) atoms. The van der Waals surface area contributed by atoms with Crippen LogP contribution in [0, 0.1) is 13.8 Å². The topological polar surface area (TPSA) is 48.7 Å². The number of aromatic nitrogens is 1. The van der Waals surface area contributed by atoms with Crippen molar-refractivity contribution in [3.05, 3.63) is 23.0 Å². The lowest BCUT2D eigenvalue weighted by atomic mass is 10.1. The Hall–Kier alpha value is -1.33. The SMILES string of the molecule is CCn1c(C)cc(C(=O)N2CCN([C@@H]3CCC[C@@H]3O)CC2)c1C. The molecule has 1 N–H and O–H groups in total. The number of hydrogen-bond acceptors (Lipinski definition) is 3. The van der Waals surface area contributed by atoms with E-state index in [0.29, 0.717) is 6.04 Å². The first-order chi connectivity index (χ1) is 11.0. The number of aliphatic hydroxyl groups is 1. The molecule has 1 aliphatic carbocycles. The molecule has 5 nitrogen and oxygen atoms in total. The molecule has 2 heterocycles. The Morgan fingerprint density at radius 1 is 1.22 bits per heavy atom. The van der Waals surface area contributed by atoms with Gasteiger partial charge in [0.05, 0.1) is 11.7 Å². The number of carbonyl (C=O) groups excluding carboxylic acids is 1. The van der Waals surface area contributed by atoms with Gasteiger partial charge in [-0.05, 0) is 46.1 Å². The van der Waals surface area contributed by atoms with E-state index < -0.39 is 0 Å². The number of amides is 1. The quantitative estimate of drug-likeness (QED) is 0.924. The molecule has 0 unspecified atom stereocenters. The summed E-state index contributed by atoms with van der Waals surface area (Å²) in [6.45, 7) is 10.4. The normalized spacial score (nSPS) is 26.0. The number of aliphatic hydroxyl groups excluding tert-OH is 1. The average Bonchev–Trinajstić information content (AvgIpc) is 3.10. The molecule has 2 fully saturated rings. The molecule has 1 amide bonds. The van der Waals surface area contributed by atoms with Gasteiger partial charge in [-0.3, -0.25) is 9.69 Å². The van der Waals surface area contributed by atoms with Crippen LogP contribution in [0.15, 0.2) is 6.07 Å². The van der Waals surface area contributed by atoms with Crippen LogP contribution in [0.4, 0.5) is 0 Å². The number of rotatable bonds is 3. The highest BCUT2D eigenvalue weighted by Crippen LogP contribution is 2.25. The Bertz CT molecular complexity index is 573. The van der Waals surface area contributed by atoms with Crippen LogP contribution in [0.5, 0.6) is 0 Å². The molecule has 0 radical (unpaired) electrons.